The van der Waals surface area contributed by atoms with E-state index in [2.05, 4.69) is 0 Å². The minimum atomic E-state index is -0.796. The van der Waals surface area contributed by atoms with Gasteiger partial charge in [-0.25, -0.2) is 0 Å². The third kappa shape index (κ3) is 9.53. The van der Waals surface area contributed by atoms with Gasteiger partial charge in [0.25, 0.3) is 0 Å². The van der Waals surface area contributed by atoms with E-state index >= 15 is 0 Å². The van der Waals surface area contributed by atoms with E-state index in [1.165, 1.54) is 6.92 Å². The van der Waals surface area contributed by atoms with Gasteiger partial charge in [0, 0.05) is 0 Å². The number of aliphatic hydroxyl groups excluding tert-OH is 1. The Hall–Kier alpha value is -0.410. The van der Waals surface area contributed by atoms with Crippen molar-refractivity contribution in [3.8, 4) is 0 Å². The van der Waals surface area contributed by atoms with Crippen LogP contribution in [0.2, 0.25) is 0 Å². The van der Waals surface area contributed by atoms with Crippen LogP contribution in [0.3, 0.4) is 0 Å². The van der Waals surface area contributed by atoms with E-state index in [0.29, 0.717) is 6.29 Å². The zero-order valence-electron chi connectivity index (χ0n) is 3.51. The Labute approximate surface area is 35.9 Å². The Balaban J connectivity index is 0. The summed E-state index contributed by atoms with van der Waals surface area (Å²) in [6.07, 6.45) is -0.324. The molecule has 0 aliphatic rings. The van der Waals surface area contributed by atoms with Crippen molar-refractivity contribution in [1.29, 1.82) is 0 Å². The van der Waals surface area contributed by atoms with Crippen LogP contribution in [0.4, 0.5) is 0 Å². The van der Waals surface area contributed by atoms with Crippen LogP contribution < -0.4 is 0 Å². The third-order valence-electron chi connectivity index (χ3n) is 0.197. The van der Waals surface area contributed by atoms with Crippen LogP contribution in [-0.2, 0) is 4.79 Å². The van der Waals surface area contributed by atoms with Crippen LogP contribution in [0.1, 0.15) is 6.92 Å². The summed E-state index contributed by atoms with van der Waals surface area (Å²) in [5.41, 5.74) is 0. The standard InChI is InChI=1S/C3H6O2.H2O/c1-3(5)2-4;/h2-3,5H,1H3;1H2. The molecule has 0 aromatic carbocycles. The number of carbonyl (C=O) groups excluding carboxylic acids is 1. The van der Waals surface area contributed by atoms with Crippen molar-refractivity contribution in [3.05, 3.63) is 0 Å². The minimum absolute atomic E-state index is 0. The van der Waals surface area contributed by atoms with Crippen LogP contribution in [0.25, 0.3) is 0 Å². The molecular formula is C3H8O3. The maximum Gasteiger partial charge on any atom is 0.148 e. The summed E-state index contributed by atoms with van der Waals surface area (Å²) < 4.78 is 0. The molecule has 0 radical (unpaired) electrons. The predicted molar refractivity (Wildman–Crippen MR) is 21.4 cm³/mol. The number of hydrogen-bond donors (Lipinski definition) is 1. The van der Waals surface area contributed by atoms with E-state index in [-0.39, 0.29) is 5.48 Å². The average molecular weight is 92.1 g/mol. The van der Waals surface area contributed by atoms with Crippen molar-refractivity contribution >= 4 is 6.29 Å². The molecule has 0 aromatic heterocycles. The molecule has 0 bridgehead atoms. The lowest BCUT2D eigenvalue weighted by Gasteiger charge is -1.79. The van der Waals surface area contributed by atoms with Crippen LogP contribution in [-0.4, -0.2) is 23.0 Å². The molecule has 3 nitrogen and oxygen atoms in total. The predicted octanol–water partition coefficient (Wildman–Crippen LogP) is -1.26. The van der Waals surface area contributed by atoms with Gasteiger partial charge in [0.15, 0.2) is 0 Å². The van der Waals surface area contributed by atoms with Gasteiger partial charge in [0.05, 0.1) is 0 Å². The van der Waals surface area contributed by atoms with E-state index in [1.807, 2.05) is 0 Å². The first-order chi connectivity index (χ1) is 2.27. The van der Waals surface area contributed by atoms with Crippen molar-refractivity contribution < 1.29 is 15.4 Å². The van der Waals surface area contributed by atoms with E-state index in [1.54, 1.807) is 0 Å². The van der Waals surface area contributed by atoms with Crippen molar-refractivity contribution in [2.75, 3.05) is 0 Å². The van der Waals surface area contributed by atoms with Crippen molar-refractivity contribution in [3.63, 3.8) is 0 Å². The van der Waals surface area contributed by atoms with Gasteiger partial charge < -0.3 is 15.4 Å². The van der Waals surface area contributed by atoms with Crippen molar-refractivity contribution in [2.45, 2.75) is 13.0 Å². The average Bonchev–Trinajstić information content (AvgIpc) is 1.38. The molecule has 0 saturated heterocycles. The van der Waals surface area contributed by atoms with Gasteiger partial charge in [-0.2, -0.15) is 0 Å². The summed E-state index contributed by atoms with van der Waals surface area (Å²) in [7, 11) is 0. The highest BCUT2D eigenvalue weighted by Gasteiger charge is 1.81. The summed E-state index contributed by atoms with van der Waals surface area (Å²) in [4.78, 5) is 9.25. The molecule has 0 amide bonds. The third-order valence-corrected chi connectivity index (χ3v) is 0.197. The van der Waals surface area contributed by atoms with Crippen LogP contribution in [0.5, 0.6) is 0 Å². The summed E-state index contributed by atoms with van der Waals surface area (Å²) in [6, 6.07) is 0. The summed E-state index contributed by atoms with van der Waals surface area (Å²) in [6.45, 7) is 1.41. The molecule has 0 aliphatic heterocycles. The molecule has 0 fully saturated rings. The second-order valence-electron chi connectivity index (χ2n) is 0.877. The van der Waals surface area contributed by atoms with E-state index < -0.39 is 6.10 Å². The topological polar surface area (TPSA) is 68.8 Å². The quantitative estimate of drug-likeness (QED) is 0.410. The first-order valence-corrected chi connectivity index (χ1v) is 1.40. The van der Waals surface area contributed by atoms with E-state index in [9.17, 15) is 4.79 Å². The highest BCUT2D eigenvalue weighted by Crippen LogP contribution is 1.62. The zero-order valence-corrected chi connectivity index (χ0v) is 3.51. The molecule has 0 heterocycles. The van der Waals surface area contributed by atoms with Gasteiger partial charge in [-0.05, 0) is 6.92 Å². The highest BCUT2D eigenvalue weighted by molar-refractivity contribution is 5.54. The maximum absolute atomic E-state index is 9.25. The van der Waals surface area contributed by atoms with Gasteiger partial charge in [-0.3, -0.25) is 0 Å². The fourth-order valence-corrected chi connectivity index (χ4v) is 0. The van der Waals surface area contributed by atoms with Gasteiger partial charge in [-0.1, -0.05) is 0 Å². The highest BCUT2D eigenvalue weighted by atomic mass is 16.3. The largest absolute Gasteiger partial charge is 0.412 e. The Morgan fingerprint density at radius 1 is 1.83 bits per heavy atom. The Kier molecular flexibility index (Phi) is 6.99. The van der Waals surface area contributed by atoms with Gasteiger partial charge in [-0.15, -0.1) is 0 Å². The molecule has 0 aliphatic carbocycles. The van der Waals surface area contributed by atoms with Crippen molar-refractivity contribution in [2.24, 2.45) is 0 Å². The molecule has 3 N–H and O–H groups in total. The second-order valence-corrected chi connectivity index (χ2v) is 0.877. The summed E-state index contributed by atoms with van der Waals surface area (Å²) >= 11 is 0. The molecule has 1 atom stereocenters. The first kappa shape index (κ1) is 9.14. The molecule has 0 rings (SSSR count). The minimum Gasteiger partial charge on any atom is -0.412 e. The van der Waals surface area contributed by atoms with Gasteiger partial charge in [0.2, 0.25) is 0 Å². The van der Waals surface area contributed by atoms with Gasteiger partial charge >= 0.3 is 0 Å². The maximum atomic E-state index is 9.25. The molecular weight excluding hydrogens is 84.0 g/mol. The molecule has 0 spiro atoms. The van der Waals surface area contributed by atoms with Gasteiger partial charge in [0.1, 0.15) is 12.4 Å². The lowest BCUT2D eigenvalue weighted by atomic mass is 10.5. The number of aliphatic hydroxyl groups is 1. The van der Waals surface area contributed by atoms with Crippen LogP contribution in [0.15, 0.2) is 0 Å². The fraction of sp³-hybridized carbons (Fsp3) is 0.667. The lowest BCUT2D eigenvalue weighted by molar-refractivity contribution is -0.114. The monoisotopic (exact) mass is 92.0 g/mol. The van der Waals surface area contributed by atoms with Crippen LogP contribution in [0, 0.1) is 0 Å². The summed E-state index contributed by atoms with van der Waals surface area (Å²) in [5, 5.41) is 7.99. The summed E-state index contributed by atoms with van der Waals surface area (Å²) in [5.74, 6) is 0. The Morgan fingerprint density at radius 2 is 2.00 bits per heavy atom. The molecule has 1 unspecified atom stereocenters. The first-order valence-electron chi connectivity index (χ1n) is 1.40. The van der Waals surface area contributed by atoms with E-state index in [4.69, 9.17) is 5.11 Å². The van der Waals surface area contributed by atoms with Crippen molar-refractivity contribution in [1.82, 2.24) is 0 Å². The molecule has 6 heavy (non-hydrogen) atoms. The number of carbonyl (C=O) groups is 1. The van der Waals surface area contributed by atoms with E-state index in [0.717, 1.165) is 0 Å². The number of rotatable bonds is 1. The Morgan fingerprint density at radius 3 is 2.00 bits per heavy atom. The molecule has 3 heteroatoms. The molecule has 0 saturated carbocycles. The number of hydrogen-bond acceptors (Lipinski definition) is 2. The normalized spacial score (nSPS) is 11.7. The smallest absolute Gasteiger partial charge is 0.148 e. The van der Waals surface area contributed by atoms with Crippen LogP contribution >= 0.6 is 0 Å². The SMILES string of the molecule is CC(O)C=O.O. The second kappa shape index (κ2) is 4.59. The molecule has 0 aromatic rings. The fourth-order valence-electron chi connectivity index (χ4n) is 0. The lowest BCUT2D eigenvalue weighted by Crippen LogP contribution is -1.97. The number of aldehydes is 1. The zero-order chi connectivity index (χ0) is 4.28. The molecule has 38 valence electrons. The Bertz CT molecular complexity index is 33.0.